The molecule has 0 spiro atoms. The van der Waals surface area contributed by atoms with Crippen molar-refractivity contribution in [2.24, 2.45) is 5.84 Å². The molecule has 0 aliphatic carbocycles. The highest BCUT2D eigenvalue weighted by Crippen LogP contribution is 2.13. The van der Waals surface area contributed by atoms with E-state index in [0.29, 0.717) is 12.2 Å². The van der Waals surface area contributed by atoms with Crippen LogP contribution in [0.1, 0.15) is 23.0 Å². The Morgan fingerprint density at radius 2 is 2.06 bits per heavy atom. The van der Waals surface area contributed by atoms with E-state index in [4.69, 9.17) is 5.84 Å². The van der Waals surface area contributed by atoms with E-state index in [9.17, 15) is 0 Å². The second-order valence-corrected chi connectivity index (χ2v) is 3.90. The third-order valence-electron chi connectivity index (χ3n) is 2.48. The zero-order chi connectivity index (χ0) is 12.1. The minimum absolute atomic E-state index is 0.0974. The standard InChI is InChI=1S/C12H15N5/c1-9-6-15-12(16-7-9)11(17-13)5-10-3-2-4-14-8-10/h2-4,6-8,11,17H,5,13H2,1H3. The van der Waals surface area contributed by atoms with Crippen LogP contribution in [-0.2, 0) is 6.42 Å². The lowest BCUT2D eigenvalue weighted by molar-refractivity contribution is 0.521. The van der Waals surface area contributed by atoms with Gasteiger partial charge in [0.05, 0.1) is 6.04 Å². The van der Waals surface area contributed by atoms with Gasteiger partial charge in [-0.1, -0.05) is 6.07 Å². The molecule has 88 valence electrons. The van der Waals surface area contributed by atoms with Gasteiger partial charge in [0, 0.05) is 24.8 Å². The predicted molar refractivity (Wildman–Crippen MR) is 64.8 cm³/mol. The topological polar surface area (TPSA) is 76.7 Å². The van der Waals surface area contributed by atoms with E-state index in [-0.39, 0.29) is 6.04 Å². The number of rotatable bonds is 4. The highest BCUT2D eigenvalue weighted by molar-refractivity contribution is 5.13. The molecular weight excluding hydrogens is 214 g/mol. The predicted octanol–water partition coefficient (Wildman–Crippen LogP) is 0.927. The van der Waals surface area contributed by atoms with Crippen molar-refractivity contribution in [2.45, 2.75) is 19.4 Å². The number of nitrogens with one attached hydrogen (secondary N) is 1. The first-order chi connectivity index (χ1) is 8.29. The van der Waals surface area contributed by atoms with Gasteiger partial charge in [-0.25, -0.2) is 15.4 Å². The molecule has 2 aromatic rings. The maximum atomic E-state index is 5.54. The van der Waals surface area contributed by atoms with Crippen molar-refractivity contribution in [3.63, 3.8) is 0 Å². The van der Waals surface area contributed by atoms with Crippen molar-refractivity contribution in [3.8, 4) is 0 Å². The van der Waals surface area contributed by atoms with Crippen molar-refractivity contribution < 1.29 is 0 Å². The lowest BCUT2D eigenvalue weighted by Gasteiger charge is -2.14. The molecule has 0 aliphatic heterocycles. The van der Waals surface area contributed by atoms with Crippen LogP contribution in [0.15, 0.2) is 36.9 Å². The van der Waals surface area contributed by atoms with E-state index < -0.39 is 0 Å². The van der Waals surface area contributed by atoms with E-state index in [1.54, 1.807) is 18.6 Å². The maximum Gasteiger partial charge on any atom is 0.146 e. The van der Waals surface area contributed by atoms with E-state index >= 15 is 0 Å². The summed E-state index contributed by atoms with van der Waals surface area (Å²) in [5, 5.41) is 0. The van der Waals surface area contributed by atoms with E-state index in [2.05, 4.69) is 20.4 Å². The van der Waals surface area contributed by atoms with Crippen LogP contribution < -0.4 is 11.3 Å². The van der Waals surface area contributed by atoms with E-state index in [0.717, 1.165) is 11.1 Å². The number of nitrogens with zero attached hydrogens (tertiary/aromatic N) is 3. The fourth-order valence-electron chi connectivity index (χ4n) is 1.56. The van der Waals surface area contributed by atoms with Gasteiger partial charge in [0.1, 0.15) is 5.82 Å². The zero-order valence-corrected chi connectivity index (χ0v) is 9.67. The molecule has 0 aromatic carbocycles. The molecule has 0 radical (unpaired) electrons. The van der Waals surface area contributed by atoms with Gasteiger partial charge in [0.25, 0.3) is 0 Å². The van der Waals surface area contributed by atoms with Gasteiger partial charge in [0.15, 0.2) is 0 Å². The molecule has 0 saturated carbocycles. The van der Waals surface area contributed by atoms with E-state index in [1.807, 2.05) is 25.3 Å². The number of hydrogen-bond acceptors (Lipinski definition) is 5. The van der Waals surface area contributed by atoms with Gasteiger partial charge < -0.3 is 0 Å². The number of aryl methyl sites for hydroxylation is 1. The van der Waals surface area contributed by atoms with Crippen LogP contribution in [0.2, 0.25) is 0 Å². The highest BCUT2D eigenvalue weighted by Gasteiger charge is 2.13. The SMILES string of the molecule is Cc1cnc(C(Cc2cccnc2)NN)nc1. The van der Waals surface area contributed by atoms with Crippen LogP contribution in [0.4, 0.5) is 0 Å². The summed E-state index contributed by atoms with van der Waals surface area (Å²) in [4.78, 5) is 12.6. The van der Waals surface area contributed by atoms with Crippen LogP contribution in [0.3, 0.4) is 0 Å². The Bertz CT molecular complexity index is 454. The summed E-state index contributed by atoms with van der Waals surface area (Å²) in [6.07, 6.45) is 7.86. The number of aromatic nitrogens is 3. The molecular formula is C12H15N5. The Kier molecular flexibility index (Phi) is 3.74. The van der Waals surface area contributed by atoms with E-state index in [1.165, 1.54) is 0 Å². The van der Waals surface area contributed by atoms with Crippen LogP contribution in [-0.4, -0.2) is 15.0 Å². The summed E-state index contributed by atoms with van der Waals surface area (Å²) < 4.78 is 0. The second-order valence-electron chi connectivity index (χ2n) is 3.90. The van der Waals surface area contributed by atoms with Crippen molar-refractivity contribution in [1.29, 1.82) is 0 Å². The molecule has 2 rings (SSSR count). The van der Waals surface area contributed by atoms with Gasteiger partial charge in [0.2, 0.25) is 0 Å². The van der Waals surface area contributed by atoms with Gasteiger partial charge in [-0.15, -0.1) is 0 Å². The molecule has 1 atom stereocenters. The Labute approximate surface area is 100 Å². The Balaban J connectivity index is 2.14. The van der Waals surface area contributed by atoms with Crippen LogP contribution in [0.25, 0.3) is 0 Å². The molecule has 0 bridgehead atoms. The van der Waals surface area contributed by atoms with Gasteiger partial charge >= 0.3 is 0 Å². The lowest BCUT2D eigenvalue weighted by Crippen LogP contribution is -2.31. The van der Waals surface area contributed by atoms with Gasteiger partial charge in [-0.3, -0.25) is 10.8 Å². The Morgan fingerprint density at radius 1 is 1.29 bits per heavy atom. The minimum Gasteiger partial charge on any atom is -0.271 e. The summed E-state index contributed by atoms with van der Waals surface area (Å²) in [5.74, 6) is 6.24. The molecule has 2 aromatic heterocycles. The number of hydrogen-bond donors (Lipinski definition) is 2. The Morgan fingerprint density at radius 3 is 2.65 bits per heavy atom. The van der Waals surface area contributed by atoms with Crippen molar-refractivity contribution >= 4 is 0 Å². The fraction of sp³-hybridized carbons (Fsp3) is 0.250. The average molecular weight is 229 g/mol. The fourth-order valence-corrected chi connectivity index (χ4v) is 1.56. The molecule has 3 N–H and O–H groups in total. The van der Waals surface area contributed by atoms with Crippen molar-refractivity contribution in [3.05, 3.63) is 53.9 Å². The average Bonchev–Trinajstić information content (AvgIpc) is 2.38. The first kappa shape index (κ1) is 11.6. The summed E-state index contributed by atoms with van der Waals surface area (Å²) in [6, 6.07) is 3.81. The van der Waals surface area contributed by atoms with Crippen molar-refractivity contribution in [1.82, 2.24) is 20.4 Å². The van der Waals surface area contributed by atoms with Crippen LogP contribution in [0, 0.1) is 6.92 Å². The summed E-state index contributed by atoms with van der Waals surface area (Å²) in [5.41, 5.74) is 4.86. The smallest absolute Gasteiger partial charge is 0.146 e. The number of nitrogens with two attached hydrogens (primary N) is 1. The van der Waals surface area contributed by atoms with Gasteiger partial charge in [-0.05, 0) is 30.5 Å². The van der Waals surface area contributed by atoms with Crippen LogP contribution in [0.5, 0.6) is 0 Å². The maximum absolute atomic E-state index is 5.54. The largest absolute Gasteiger partial charge is 0.271 e. The van der Waals surface area contributed by atoms with Crippen LogP contribution >= 0.6 is 0 Å². The highest BCUT2D eigenvalue weighted by atomic mass is 15.2. The molecule has 0 fully saturated rings. The minimum atomic E-state index is -0.0974. The molecule has 2 heterocycles. The normalized spacial score (nSPS) is 12.4. The summed E-state index contributed by atoms with van der Waals surface area (Å²) >= 11 is 0. The quantitative estimate of drug-likeness (QED) is 0.602. The molecule has 5 nitrogen and oxygen atoms in total. The molecule has 1 unspecified atom stereocenters. The molecule has 17 heavy (non-hydrogen) atoms. The molecule has 0 amide bonds. The van der Waals surface area contributed by atoms with Crippen molar-refractivity contribution in [2.75, 3.05) is 0 Å². The third kappa shape index (κ3) is 3.05. The molecule has 5 heteroatoms. The number of hydrazine groups is 1. The first-order valence-electron chi connectivity index (χ1n) is 5.43. The summed E-state index contributed by atoms with van der Waals surface area (Å²) in [6.45, 7) is 1.95. The monoisotopic (exact) mass is 229 g/mol. The third-order valence-corrected chi connectivity index (χ3v) is 2.48. The Hall–Kier alpha value is -1.85. The second kappa shape index (κ2) is 5.47. The van der Waals surface area contributed by atoms with Gasteiger partial charge in [-0.2, -0.15) is 0 Å². The lowest BCUT2D eigenvalue weighted by atomic mass is 10.1. The molecule has 0 aliphatic rings. The zero-order valence-electron chi connectivity index (χ0n) is 9.67. The summed E-state index contributed by atoms with van der Waals surface area (Å²) in [7, 11) is 0. The number of pyridine rings is 1. The molecule has 0 saturated heterocycles. The first-order valence-corrected chi connectivity index (χ1v) is 5.43.